The highest BCUT2D eigenvalue weighted by Crippen LogP contribution is 2.30. The molecule has 1 aliphatic rings. The summed E-state index contributed by atoms with van der Waals surface area (Å²) in [5, 5.41) is 5.92. The maximum Gasteiger partial charge on any atom is 0.134 e. The van der Waals surface area contributed by atoms with Crippen molar-refractivity contribution >= 4 is 16.6 Å². The van der Waals surface area contributed by atoms with Crippen LogP contribution < -0.4 is 10.1 Å². The summed E-state index contributed by atoms with van der Waals surface area (Å²) in [6.45, 7) is 0. The number of benzene rings is 1. The first-order valence-corrected chi connectivity index (χ1v) is 7.57. The van der Waals surface area contributed by atoms with Gasteiger partial charge in [-0.25, -0.2) is 4.98 Å². The lowest BCUT2D eigenvalue weighted by atomic mass is 10.1. The summed E-state index contributed by atoms with van der Waals surface area (Å²) >= 11 is 0. The van der Waals surface area contributed by atoms with Gasteiger partial charge in [0.05, 0.1) is 7.11 Å². The van der Waals surface area contributed by atoms with Crippen molar-refractivity contribution in [3.63, 3.8) is 0 Å². The fourth-order valence-corrected chi connectivity index (χ4v) is 3.09. The van der Waals surface area contributed by atoms with E-state index in [1.807, 2.05) is 24.4 Å². The number of pyridine rings is 1. The molecule has 1 fully saturated rings. The molecule has 0 unspecified atom stereocenters. The van der Waals surface area contributed by atoms with Crippen molar-refractivity contribution in [3.8, 4) is 5.75 Å². The second-order valence-electron chi connectivity index (χ2n) is 5.55. The molecule has 1 saturated carbocycles. The highest BCUT2D eigenvalue weighted by atomic mass is 16.5. The number of ether oxygens (including phenoxy) is 1. The van der Waals surface area contributed by atoms with Crippen LogP contribution in [0.15, 0.2) is 30.5 Å². The van der Waals surface area contributed by atoms with Gasteiger partial charge in [0.25, 0.3) is 0 Å². The van der Waals surface area contributed by atoms with Crippen LogP contribution in [0.5, 0.6) is 5.75 Å². The van der Waals surface area contributed by atoms with Gasteiger partial charge in [-0.2, -0.15) is 0 Å². The molecule has 1 N–H and O–H groups in total. The van der Waals surface area contributed by atoms with E-state index < -0.39 is 0 Å². The summed E-state index contributed by atoms with van der Waals surface area (Å²) in [6.07, 6.45) is 9.76. The lowest BCUT2D eigenvalue weighted by Gasteiger charge is -2.18. The number of rotatable bonds is 3. The van der Waals surface area contributed by atoms with E-state index in [2.05, 4.69) is 16.4 Å². The molecule has 1 aromatic carbocycles. The van der Waals surface area contributed by atoms with Gasteiger partial charge >= 0.3 is 0 Å². The molecule has 0 spiro atoms. The van der Waals surface area contributed by atoms with Gasteiger partial charge in [0.15, 0.2) is 0 Å². The summed E-state index contributed by atoms with van der Waals surface area (Å²) in [7, 11) is 1.72. The highest BCUT2D eigenvalue weighted by Gasteiger charge is 2.14. The first-order chi connectivity index (χ1) is 9.88. The first kappa shape index (κ1) is 13.2. The molecule has 1 aliphatic carbocycles. The predicted octanol–water partition coefficient (Wildman–Crippen LogP) is 4.38. The zero-order valence-corrected chi connectivity index (χ0v) is 12.1. The van der Waals surface area contributed by atoms with E-state index in [9.17, 15) is 0 Å². The topological polar surface area (TPSA) is 34.1 Å². The Labute approximate surface area is 120 Å². The number of nitrogens with one attached hydrogen (secondary N) is 1. The maximum atomic E-state index is 5.44. The van der Waals surface area contributed by atoms with E-state index >= 15 is 0 Å². The number of methoxy groups -OCH3 is 1. The molecule has 3 nitrogen and oxygen atoms in total. The monoisotopic (exact) mass is 270 g/mol. The van der Waals surface area contributed by atoms with Gasteiger partial charge in [0, 0.05) is 23.0 Å². The number of hydrogen-bond donors (Lipinski definition) is 1. The molecule has 1 heterocycles. The van der Waals surface area contributed by atoms with Crippen LogP contribution in [-0.4, -0.2) is 18.1 Å². The zero-order valence-electron chi connectivity index (χ0n) is 12.1. The van der Waals surface area contributed by atoms with E-state index in [1.165, 1.54) is 38.5 Å². The Morgan fingerprint density at radius 3 is 2.60 bits per heavy atom. The minimum Gasteiger partial charge on any atom is -0.496 e. The normalized spacial score (nSPS) is 16.9. The summed E-state index contributed by atoms with van der Waals surface area (Å²) in [5.41, 5.74) is 0. The molecule has 0 aliphatic heterocycles. The van der Waals surface area contributed by atoms with E-state index in [4.69, 9.17) is 4.74 Å². The number of fused-ring (bicyclic) bond motifs is 1. The Hall–Kier alpha value is -1.77. The van der Waals surface area contributed by atoms with Crippen LogP contribution >= 0.6 is 0 Å². The maximum absolute atomic E-state index is 5.44. The zero-order chi connectivity index (χ0) is 13.8. The summed E-state index contributed by atoms with van der Waals surface area (Å²) in [6, 6.07) is 8.72. The molecule has 2 aromatic rings. The molecule has 0 saturated heterocycles. The van der Waals surface area contributed by atoms with Crippen molar-refractivity contribution in [1.82, 2.24) is 4.98 Å². The minimum absolute atomic E-state index is 0.557. The van der Waals surface area contributed by atoms with Crippen LogP contribution in [0, 0.1) is 0 Å². The number of aromatic nitrogens is 1. The van der Waals surface area contributed by atoms with Crippen molar-refractivity contribution in [3.05, 3.63) is 30.5 Å². The van der Waals surface area contributed by atoms with E-state index in [1.54, 1.807) is 7.11 Å². The highest BCUT2D eigenvalue weighted by molar-refractivity contribution is 5.95. The van der Waals surface area contributed by atoms with Crippen molar-refractivity contribution in [2.24, 2.45) is 0 Å². The molecular formula is C17H22N2O. The Morgan fingerprint density at radius 1 is 1.05 bits per heavy atom. The third-order valence-electron chi connectivity index (χ3n) is 4.18. The molecular weight excluding hydrogens is 248 g/mol. The third kappa shape index (κ3) is 2.72. The third-order valence-corrected chi connectivity index (χ3v) is 4.18. The summed E-state index contributed by atoms with van der Waals surface area (Å²) in [5.74, 6) is 1.90. The van der Waals surface area contributed by atoms with Gasteiger partial charge in [-0.1, -0.05) is 37.8 Å². The number of hydrogen-bond acceptors (Lipinski definition) is 3. The molecule has 3 heteroatoms. The van der Waals surface area contributed by atoms with Crippen molar-refractivity contribution in [2.45, 2.75) is 44.6 Å². The van der Waals surface area contributed by atoms with Gasteiger partial charge in [0.1, 0.15) is 11.6 Å². The SMILES string of the molecule is COc1cccc2c(NC3CCCCCC3)nccc12. The summed E-state index contributed by atoms with van der Waals surface area (Å²) < 4.78 is 5.44. The van der Waals surface area contributed by atoms with E-state index in [-0.39, 0.29) is 0 Å². The smallest absolute Gasteiger partial charge is 0.134 e. The van der Waals surface area contributed by atoms with Crippen molar-refractivity contribution < 1.29 is 4.74 Å². The molecule has 106 valence electrons. The van der Waals surface area contributed by atoms with Crippen LogP contribution in [0.3, 0.4) is 0 Å². The van der Waals surface area contributed by atoms with Gasteiger partial charge in [-0.15, -0.1) is 0 Å². The van der Waals surface area contributed by atoms with Crippen LogP contribution in [0.25, 0.3) is 10.8 Å². The van der Waals surface area contributed by atoms with Crippen LogP contribution in [0.1, 0.15) is 38.5 Å². The standard InChI is InChI=1S/C17H22N2O/c1-20-16-10-6-9-15-14(16)11-12-18-17(15)19-13-7-4-2-3-5-8-13/h6,9-13H,2-5,7-8H2,1H3,(H,18,19). The fourth-order valence-electron chi connectivity index (χ4n) is 3.09. The van der Waals surface area contributed by atoms with Gasteiger partial charge < -0.3 is 10.1 Å². The second-order valence-corrected chi connectivity index (χ2v) is 5.55. The lowest BCUT2D eigenvalue weighted by molar-refractivity contribution is 0.420. The predicted molar refractivity (Wildman–Crippen MR) is 83.4 cm³/mol. The fraction of sp³-hybridized carbons (Fsp3) is 0.471. The Kier molecular flexibility index (Phi) is 4.05. The Morgan fingerprint density at radius 2 is 1.85 bits per heavy atom. The molecule has 0 bridgehead atoms. The summed E-state index contributed by atoms with van der Waals surface area (Å²) in [4.78, 5) is 4.54. The molecule has 3 rings (SSSR count). The number of anilines is 1. The molecule has 1 aromatic heterocycles. The molecule has 0 amide bonds. The quantitative estimate of drug-likeness (QED) is 0.840. The Balaban J connectivity index is 1.91. The van der Waals surface area contributed by atoms with Crippen LogP contribution in [0.2, 0.25) is 0 Å². The lowest BCUT2D eigenvalue weighted by Crippen LogP contribution is -2.19. The van der Waals surface area contributed by atoms with Gasteiger partial charge in [-0.05, 0) is 25.0 Å². The average molecular weight is 270 g/mol. The van der Waals surface area contributed by atoms with Crippen molar-refractivity contribution in [2.75, 3.05) is 12.4 Å². The van der Waals surface area contributed by atoms with Gasteiger partial charge in [0.2, 0.25) is 0 Å². The number of nitrogens with zero attached hydrogens (tertiary/aromatic N) is 1. The van der Waals surface area contributed by atoms with Crippen LogP contribution in [-0.2, 0) is 0 Å². The Bertz CT molecular complexity index is 574. The minimum atomic E-state index is 0.557. The van der Waals surface area contributed by atoms with Gasteiger partial charge in [-0.3, -0.25) is 0 Å². The second kappa shape index (κ2) is 6.12. The molecule has 20 heavy (non-hydrogen) atoms. The largest absolute Gasteiger partial charge is 0.496 e. The molecule has 0 radical (unpaired) electrons. The van der Waals surface area contributed by atoms with E-state index in [0.717, 1.165) is 22.3 Å². The van der Waals surface area contributed by atoms with E-state index in [0.29, 0.717) is 6.04 Å². The first-order valence-electron chi connectivity index (χ1n) is 7.57. The average Bonchev–Trinajstić information content (AvgIpc) is 2.76. The van der Waals surface area contributed by atoms with Crippen molar-refractivity contribution in [1.29, 1.82) is 0 Å². The van der Waals surface area contributed by atoms with Crippen LogP contribution in [0.4, 0.5) is 5.82 Å². The molecule has 0 atom stereocenters.